The van der Waals surface area contributed by atoms with Crippen molar-refractivity contribution in [3.63, 3.8) is 0 Å². The maximum Gasteiger partial charge on any atom is 0.316 e. The Labute approximate surface area is 104 Å². The van der Waals surface area contributed by atoms with E-state index in [2.05, 4.69) is 5.32 Å². The molecule has 0 aromatic heterocycles. The number of nitrogens with two attached hydrogens (primary N) is 1. The molecule has 0 heterocycles. The van der Waals surface area contributed by atoms with Gasteiger partial charge in [0.15, 0.2) is 0 Å². The lowest BCUT2D eigenvalue weighted by atomic mass is 10.0. The smallest absolute Gasteiger partial charge is 0.316 e. The highest BCUT2D eigenvalue weighted by Gasteiger charge is 2.17. The maximum absolute atomic E-state index is 10.6. The van der Waals surface area contributed by atoms with Crippen LogP contribution in [0.5, 0.6) is 0 Å². The van der Waals surface area contributed by atoms with E-state index >= 15 is 0 Å². The number of nitrogens with one attached hydrogen (secondary N) is 1. The van der Waals surface area contributed by atoms with Crippen LogP contribution in [0.2, 0.25) is 0 Å². The Morgan fingerprint density at radius 1 is 1.35 bits per heavy atom. The van der Waals surface area contributed by atoms with Gasteiger partial charge in [0.2, 0.25) is 0 Å². The molecule has 0 aliphatic carbocycles. The number of aliphatic hydroxyl groups excluding tert-OH is 2. The first-order chi connectivity index (χ1) is 8.04. The summed E-state index contributed by atoms with van der Waals surface area (Å²) in [5, 5.41) is 21.7. The third kappa shape index (κ3) is 4.22. The molecular weight excluding hydrogens is 244 g/mol. The highest BCUT2D eigenvalue weighted by atomic mass is 35.5. The number of aliphatic hydroxyl groups is 2. The number of primary amides is 1. The standard InChI is InChI=1S/C11H15ClN2O3/c12-6-5-9(15)10(16)7-1-3-8(4-2-7)14-11(13)17/h1-4,9-10,15-16H,5-6H2,(H3,13,14,17). The van der Waals surface area contributed by atoms with Crippen molar-refractivity contribution in [3.8, 4) is 0 Å². The number of anilines is 1. The molecule has 0 saturated carbocycles. The summed E-state index contributed by atoms with van der Waals surface area (Å²) >= 11 is 5.48. The van der Waals surface area contributed by atoms with Crippen LogP contribution in [0.3, 0.4) is 0 Å². The summed E-state index contributed by atoms with van der Waals surface area (Å²) in [6.45, 7) is 0. The normalized spacial score (nSPS) is 14.1. The summed E-state index contributed by atoms with van der Waals surface area (Å²) < 4.78 is 0. The Kier molecular flexibility index (Phi) is 5.21. The monoisotopic (exact) mass is 258 g/mol. The van der Waals surface area contributed by atoms with Gasteiger partial charge in [0, 0.05) is 11.6 Å². The third-order valence-electron chi connectivity index (χ3n) is 2.29. The van der Waals surface area contributed by atoms with Crippen LogP contribution in [-0.2, 0) is 0 Å². The molecule has 2 amide bonds. The minimum absolute atomic E-state index is 0.277. The molecule has 94 valence electrons. The molecule has 1 rings (SSSR count). The van der Waals surface area contributed by atoms with Gasteiger partial charge in [-0.05, 0) is 24.1 Å². The lowest BCUT2D eigenvalue weighted by Gasteiger charge is -2.17. The van der Waals surface area contributed by atoms with Gasteiger partial charge in [-0.25, -0.2) is 4.79 Å². The molecule has 0 saturated heterocycles. The molecule has 1 aromatic carbocycles. The van der Waals surface area contributed by atoms with Crippen molar-refractivity contribution in [2.45, 2.75) is 18.6 Å². The number of benzene rings is 1. The summed E-state index contributed by atoms with van der Waals surface area (Å²) in [5.41, 5.74) is 6.04. The maximum atomic E-state index is 10.6. The van der Waals surface area contributed by atoms with Crippen molar-refractivity contribution in [3.05, 3.63) is 29.8 Å². The van der Waals surface area contributed by atoms with Crippen LogP contribution in [0.25, 0.3) is 0 Å². The van der Waals surface area contributed by atoms with Crippen molar-refractivity contribution >= 4 is 23.3 Å². The van der Waals surface area contributed by atoms with E-state index < -0.39 is 18.2 Å². The Morgan fingerprint density at radius 2 is 1.94 bits per heavy atom. The SMILES string of the molecule is NC(=O)Nc1ccc(C(O)C(O)CCCl)cc1. The molecule has 0 bridgehead atoms. The second-order valence-corrected chi connectivity index (χ2v) is 3.98. The largest absolute Gasteiger partial charge is 0.390 e. The van der Waals surface area contributed by atoms with E-state index in [1.54, 1.807) is 24.3 Å². The van der Waals surface area contributed by atoms with Crippen molar-refractivity contribution in [2.75, 3.05) is 11.2 Å². The third-order valence-corrected chi connectivity index (χ3v) is 2.51. The topological polar surface area (TPSA) is 95.6 Å². The van der Waals surface area contributed by atoms with Crippen molar-refractivity contribution < 1.29 is 15.0 Å². The number of halogens is 1. The molecule has 2 atom stereocenters. The summed E-state index contributed by atoms with van der Waals surface area (Å²) in [7, 11) is 0. The van der Waals surface area contributed by atoms with E-state index in [1.807, 2.05) is 0 Å². The molecule has 0 fully saturated rings. The minimum Gasteiger partial charge on any atom is -0.390 e. The van der Waals surface area contributed by atoms with Gasteiger partial charge in [0.05, 0.1) is 6.10 Å². The van der Waals surface area contributed by atoms with Crippen molar-refractivity contribution in [1.29, 1.82) is 0 Å². The van der Waals surface area contributed by atoms with E-state index in [0.29, 0.717) is 17.7 Å². The fourth-order valence-corrected chi connectivity index (χ4v) is 1.62. The van der Waals surface area contributed by atoms with Gasteiger partial charge in [0.1, 0.15) is 6.10 Å². The zero-order chi connectivity index (χ0) is 12.8. The van der Waals surface area contributed by atoms with E-state index in [0.717, 1.165) is 0 Å². The van der Waals surface area contributed by atoms with Gasteiger partial charge >= 0.3 is 6.03 Å². The predicted molar refractivity (Wildman–Crippen MR) is 66.0 cm³/mol. The van der Waals surface area contributed by atoms with Gasteiger partial charge < -0.3 is 21.3 Å². The zero-order valence-electron chi connectivity index (χ0n) is 9.14. The fraction of sp³-hybridized carbons (Fsp3) is 0.364. The average molecular weight is 259 g/mol. The molecule has 5 nitrogen and oxygen atoms in total. The highest BCUT2D eigenvalue weighted by Crippen LogP contribution is 2.21. The number of carbonyl (C=O) groups is 1. The van der Waals surface area contributed by atoms with Crippen LogP contribution in [-0.4, -0.2) is 28.2 Å². The summed E-state index contributed by atoms with van der Waals surface area (Å²) in [4.78, 5) is 10.6. The minimum atomic E-state index is -0.989. The molecule has 0 spiro atoms. The molecular formula is C11H15ClN2O3. The molecule has 6 heteroatoms. The number of amides is 2. The lowest BCUT2D eigenvalue weighted by molar-refractivity contribution is 0.0170. The van der Waals surface area contributed by atoms with Gasteiger partial charge in [0.25, 0.3) is 0 Å². The van der Waals surface area contributed by atoms with Gasteiger partial charge in [-0.1, -0.05) is 12.1 Å². The van der Waals surface area contributed by atoms with Crippen molar-refractivity contribution in [2.24, 2.45) is 5.73 Å². The molecule has 17 heavy (non-hydrogen) atoms. The number of hydrogen-bond acceptors (Lipinski definition) is 3. The average Bonchev–Trinajstić information content (AvgIpc) is 2.28. The van der Waals surface area contributed by atoms with Gasteiger partial charge in [-0.2, -0.15) is 0 Å². The first-order valence-corrected chi connectivity index (χ1v) is 5.66. The highest BCUT2D eigenvalue weighted by molar-refractivity contribution is 6.17. The van der Waals surface area contributed by atoms with Crippen LogP contribution < -0.4 is 11.1 Å². The second-order valence-electron chi connectivity index (χ2n) is 3.60. The van der Waals surface area contributed by atoms with Crippen LogP contribution in [0.1, 0.15) is 18.1 Å². The van der Waals surface area contributed by atoms with Crippen molar-refractivity contribution in [1.82, 2.24) is 0 Å². The van der Waals surface area contributed by atoms with E-state index in [4.69, 9.17) is 17.3 Å². The van der Waals surface area contributed by atoms with E-state index in [1.165, 1.54) is 0 Å². The predicted octanol–water partition coefficient (Wildman–Crippen LogP) is 1.20. The number of hydrogen-bond donors (Lipinski definition) is 4. The van der Waals surface area contributed by atoms with E-state index in [9.17, 15) is 15.0 Å². The van der Waals surface area contributed by atoms with Crippen LogP contribution in [0.4, 0.5) is 10.5 Å². The molecule has 2 unspecified atom stereocenters. The molecule has 1 aromatic rings. The first-order valence-electron chi connectivity index (χ1n) is 5.13. The summed E-state index contributed by atoms with van der Waals surface area (Å²) in [5.74, 6) is 0.277. The molecule has 0 aliphatic heterocycles. The fourth-order valence-electron chi connectivity index (χ4n) is 1.40. The van der Waals surface area contributed by atoms with Crippen LogP contribution in [0, 0.1) is 0 Å². The number of rotatable bonds is 5. The Morgan fingerprint density at radius 3 is 2.41 bits per heavy atom. The Hall–Kier alpha value is -1.30. The molecule has 0 radical (unpaired) electrons. The summed E-state index contributed by atoms with van der Waals surface area (Å²) in [6.07, 6.45) is -1.58. The van der Waals surface area contributed by atoms with Crippen LogP contribution >= 0.6 is 11.6 Å². The quantitative estimate of drug-likeness (QED) is 0.598. The zero-order valence-corrected chi connectivity index (χ0v) is 9.89. The number of alkyl halides is 1. The van der Waals surface area contributed by atoms with Gasteiger partial charge in [-0.3, -0.25) is 0 Å². The Bertz CT molecular complexity index is 369. The summed E-state index contributed by atoms with van der Waals surface area (Å²) in [6, 6.07) is 5.74. The van der Waals surface area contributed by atoms with E-state index in [-0.39, 0.29) is 5.88 Å². The lowest BCUT2D eigenvalue weighted by Crippen LogP contribution is -2.20. The Balaban J connectivity index is 2.69. The number of carbonyl (C=O) groups excluding carboxylic acids is 1. The molecule has 0 aliphatic rings. The second kappa shape index (κ2) is 6.44. The molecule has 5 N–H and O–H groups in total. The number of urea groups is 1. The van der Waals surface area contributed by atoms with Crippen LogP contribution in [0.15, 0.2) is 24.3 Å². The first kappa shape index (κ1) is 13.8. The van der Waals surface area contributed by atoms with Gasteiger partial charge in [-0.15, -0.1) is 11.6 Å².